The number of amides is 1. The highest BCUT2D eigenvalue weighted by Gasteiger charge is 2.10. The Labute approximate surface area is 125 Å². The van der Waals surface area contributed by atoms with E-state index in [1.165, 1.54) is 0 Å². The molecule has 3 N–H and O–H groups in total. The van der Waals surface area contributed by atoms with Crippen LogP contribution in [0.2, 0.25) is 0 Å². The van der Waals surface area contributed by atoms with Gasteiger partial charge in [-0.15, -0.1) is 0 Å². The van der Waals surface area contributed by atoms with Gasteiger partial charge in [0.2, 0.25) is 5.91 Å². The Balaban J connectivity index is 2.05. The minimum absolute atomic E-state index is 0.0607. The van der Waals surface area contributed by atoms with Crippen LogP contribution in [0.4, 0.5) is 17.1 Å². The molecule has 0 aliphatic carbocycles. The van der Waals surface area contributed by atoms with E-state index in [9.17, 15) is 4.79 Å². The molecule has 1 amide bonds. The van der Waals surface area contributed by atoms with E-state index in [0.717, 1.165) is 22.5 Å². The van der Waals surface area contributed by atoms with Crippen molar-refractivity contribution < 1.29 is 4.79 Å². The lowest BCUT2D eigenvalue weighted by atomic mass is 10.1. The van der Waals surface area contributed by atoms with E-state index >= 15 is 0 Å². The number of anilines is 3. The second-order valence-corrected chi connectivity index (χ2v) is 5.27. The third-order valence-corrected chi connectivity index (χ3v) is 3.44. The summed E-state index contributed by atoms with van der Waals surface area (Å²) in [4.78, 5) is 14.1. The minimum Gasteiger partial charge on any atom is -0.399 e. The number of hydrogen-bond donors (Lipinski definition) is 2. The number of carbonyl (C=O) groups excluding carboxylic acids is 1. The van der Waals surface area contributed by atoms with Gasteiger partial charge in [-0.05, 0) is 43.2 Å². The molecule has 21 heavy (non-hydrogen) atoms. The van der Waals surface area contributed by atoms with E-state index in [-0.39, 0.29) is 5.91 Å². The molecule has 0 saturated heterocycles. The number of carbonyl (C=O) groups is 1. The summed E-state index contributed by atoms with van der Waals surface area (Å²) in [5.74, 6) is -0.0607. The molecule has 0 aromatic heterocycles. The van der Waals surface area contributed by atoms with Gasteiger partial charge in [-0.3, -0.25) is 4.79 Å². The Morgan fingerprint density at radius 2 is 1.86 bits per heavy atom. The van der Waals surface area contributed by atoms with Gasteiger partial charge < -0.3 is 16.0 Å². The fourth-order valence-corrected chi connectivity index (χ4v) is 2.26. The van der Waals surface area contributed by atoms with Crippen molar-refractivity contribution in [1.82, 2.24) is 0 Å². The van der Waals surface area contributed by atoms with Crippen LogP contribution in [0.3, 0.4) is 0 Å². The monoisotopic (exact) mass is 283 g/mol. The first-order valence-corrected chi connectivity index (χ1v) is 6.90. The first-order chi connectivity index (χ1) is 9.97. The first-order valence-electron chi connectivity index (χ1n) is 6.90. The molecule has 2 aromatic rings. The Kier molecular flexibility index (Phi) is 4.48. The number of hydrogen-bond acceptors (Lipinski definition) is 3. The van der Waals surface area contributed by atoms with Gasteiger partial charge >= 0.3 is 0 Å². The third kappa shape index (κ3) is 3.75. The number of rotatable bonds is 4. The molecule has 0 heterocycles. The fraction of sp³-hybridized carbons (Fsp3) is 0.235. The average molecular weight is 283 g/mol. The van der Waals surface area contributed by atoms with Crippen LogP contribution in [0, 0.1) is 13.8 Å². The third-order valence-electron chi connectivity index (χ3n) is 3.44. The van der Waals surface area contributed by atoms with Crippen molar-refractivity contribution >= 4 is 23.0 Å². The summed E-state index contributed by atoms with van der Waals surface area (Å²) < 4.78 is 0. The van der Waals surface area contributed by atoms with E-state index in [4.69, 9.17) is 5.73 Å². The van der Waals surface area contributed by atoms with Crippen molar-refractivity contribution in [2.24, 2.45) is 0 Å². The number of nitrogens with zero attached hydrogens (tertiary/aromatic N) is 1. The Bertz CT molecular complexity index is 652. The Morgan fingerprint density at radius 1 is 1.14 bits per heavy atom. The first kappa shape index (κ1) is 14.9. The maximum absolute atomic E-state index is 12.2. The molecule has 4 heteroatoms. The quantitative estimate of drug-likeness (QED) is 0.848. The van der Waals surface area contributed by atoms with E-state index in [1.807, 2.05) is 62.2 Å². The SMILES string of the molecule is Cc1ccc(N)cc1NC(=O)CN(C)c1ccccc1C. The number of aryl methyl sites for hydroxylation is 2. The van der Waals surface area contributed by atoms with Crippen molar-refractivity contribution in [3.05, 3.63) is 53.6 Å². The lowest BCUT2D eigenvalue weighted by Gasteiger charge is -2.21. The molecule has 0 bridgehead atoms. The maximum Gasteiger partial charge on any atom is 0.243 e. The predicted octanol–water partition coefficient (Wildman–Crippen LogP) is 2.96. The molecule has 0 fully saturated rings. The van der Waals surface area contributed by atoms with Crippen LogP contribution in [-0.4, -0.2) is 19.5 Å². The summed E-state index contributed by atoms with van der Waals surface area (Å²) in [6.07, 6.45) is 0. The van der Waals surface area contributed by atoms with Gasteiger partial charge in [0.1, 0.15) is 0 Å². The van der Waals surface area contributed by atoms with Gasteiger partial charge in [0.05, 0.1) is 6.54 Å². The zero-order valence-electron chi connectivity index (χ0n) is 12.7. The van der Waals surface area contributed by atoms with Gasteiger partial charge in [-0.25, -0.2) is 0 Å². The summed E-state index contributed by atoms with van der Waals surface area (Å²) >= 11 is 0. The van der Waals surface area contributed by atoms with E-state index < -0.39 is 0 Å². The maximum atomic E-state index is 12.2. The van der Waals surface area contributed by atoms with E-state index in [1.54, 1.807) is 6.07 Å². The number of nitrogens with one attached hydrogen (secondary N) is 1. The summed E-state index contributed by atoms with van der Waals surface area (Å²) in [6, 6.07) is 13.5. The van der Waals surface area contributed by atoms with Crippen LogP contribution in [0.5, 0.6) is 0 Å². The topological polar surface area (TPSA) is 58.4 Å². The fourth-order valence-electron chi connectivity index (χ4n) is 2.26. The molecule has 0 aliphatic rings. The smallest absolute Gasteiger partial charge is 0.243 e. The van der Waals surface area contributed by atoms with Gasteiger partial charge in [0.15, 0.2) is 0 Å². The van der Waals surface area contributed by atoms with Crippen molar-refractivity contribution in [2.75, 3.05) is 29.5 Å². The predicted molar refractivity (Wildman–Crippen MR) is 88.7 cm³/mol. The Hall–Kier alpha value is -2.49. The van der Waals surface area contributed by atoms with Crippen LogP contribution in [0.1, 0.15) is 11.1 Å². The highest BCUT2D eigenvalue weighted by molar-refractivity contribution is 5.95. The lowest BCUT2D eigenvalue weighted by molar-refractivity contribution is -0.114. The summed E-state index contributed by atoms with van der Waals surface area (Å²) in [5, 5.41) is 2.91. The van der Waals surface area contributed by atoms with Crippen molar-refractivity contribution in [2.45, 2.75) is 13.8 Å². The van der Waals surface area contributed by atoms with Crippen LogP contribution in [-0.2, 0) is 4.79 Å². The molecule has 2 rings (SSSR count). The second kappa shape index (κ2) is 6.31. The highest BCUT2D eigenvalue weighted by Crippen LogP contribution is 2.20. The number of nitrogen functional groups attached to an aromatic ring is 1. The molecule has 0 radical (unpaired) electrons. The highest BCUT2D eigenvalue weighted by atomic mass is 16.2. The normalized spacial score (nSPS) is 10.2. The standard InChI is InChI=1S/C17H21N3O/c1-12-8-9-14(18)10-15(12)19-17(21)11-20(3)16-7-5-4-6-13(16)2/h4-10H,11,18H2,1-3H3,(H,19,21). The summed E-state index contributed by atoms with van der Waals surface area (Å²) in [7, 11) is 1.91. The number of para-hydroxylation sites is 1. The molecule has 0 atom stereocenters. The van der Waals surface area contributed by atoms with E-state index in [0.29, 0.717) is 12.2 Å². The zero-order valence-corrected chi connectivity index (χ0v) is 12.7. The molecule has 4 nitrogen and oxygen atoms in total. The average Bonchev–Trinajstić information content (AvgIpc) is 2.43. The molecule has 110 valence electrons. The largest absolute Gasteiger partial charge is 0.399 e. The van der Waals surface area contributed by atoms with Crippen molar-refractivity contribution in [1.29, 1.82) is 0 Å². The lowest BCUT2D eigenvalue weighted by Crippen LogP contribution is -2.30. The molecule has 0 unspecified atom stereocenters. The summed E-state index contributed by atoms with van der Waals surface area (Å²) in [6.45, 7) is 4.27. The van der Waals surface area contributed by atoms with Gasteiger partial charge in [-0.2, -0.15) is 0 Å². The molecule has 0 aliphatic heterocycles. The van der Waals surface area contributed by atoms with Gasteiger partial charge in [-0.1, -0.05) is 24.3 Å². The molecular formula is C17H21N3O. The van der Waals surface area contributed by atoms with Gasteiger partial charge in [0, 0.05) is 24.1 Å². The molecular weight excluding hydrogens is 262 g/mol. The Morgan fingerprint density at radius 3 is 2.57 bits per heavy atom. The molecule has 0 spiro atoms. The minimum atomic E-state index is -0.0607. The van der Waals surface area contributed by atoms with Crippen molar-refractivity contribution in [3.8, 4) is 0 Å². The van der Waals surface area contributed by atoms with Crippen LogP contribution < -0.4 is 16.0 Å². The molecule has 2 aromatic carbocycles. The van der Waals surface area contributed by atoms with Crippen LogP contribution >= 0.6 is 0 Å². The van der Waals surface area contributed by atoms with E-state index in [2.05, 4.69) is 5.32 Å². The number of nitrogens with two attached hydrogens (primary N) is 1. The van der Waals surface area contributed by atoms with Gasteiger partial charge in [0.25, 0.3) is 0 Å². The summed E-state index contributed by atoms with van der Waals surface area (Å²) in [5.41, 5.74) is 10.4. The zero-order chi connectivity index (χ0) is 15.4. The van der Waals surface area contributed by atoms with Crippen LogP contribution in [0.15, 0.2) is 42.5 Å². The molecule has 0 saturated carbocycles. The van der Waals surface area contributed by atoms with Crippen molar-refractivity contribution in [3.63, 3.8) is 0 Å². The number of likely N-dealkylation sites (N-methyl/N-ethyl adjacent to an activating group) is 1. The van der Waals surface area contributed by atoms with Crippen LogP contribution in [0.25, 0.3) is 0 Å². The number of benzene rings is 2. The second-order valence-electron chi connectivity index (χ2n) is 5.27.